The smallest absolute Gasteiger partial charge is 0.136 e. The van der Waals surface area contributed by atoms with Gasteiger partial charge in [-0.15, -0.1) is 0 Å². The van der Waals surface area contributed by atoms with Crippen LogP contribution in [0.4, 0.5) is 0 Å². The molecule has 2 nitrogen and oxygen atoms in total. The molecule has 0 saturated carbocycles. The third-order valence-corrected chi connectivity index (χ3v) is 1.62. The molecule has 0 spiro atoms. The maximum atomic E-state index is 10.8. The van der Waals surface area contributed by atoms with Crippen LogP contribution in [-0.4, -0.2) is 18.5 Å². The Morgan fingerprint density at radius 3 is 2.36 bits per heavy atom. The molecule has 0 fully saturated rings. The number of Topliss-reactive ketones (excluding diaryl/α,β-unsaturated/α-hetero) is 1. The average Bonchev–Trinajstić information content (AvgIpc) is 1.99. The van der Waals surface area contributed by atoms with Crippen LogP contribution in [-0.2, 0) is 4.79 Å². The van der Waals surface area contributed by atoms with Crippen molar-refractivity contribution in [3.05, 3.63) is 12.2 Å². The molecule has 0 aliphatic rings. The first-order chi connectivity index (χ1) is 5.07. The zero-order valence-electron chi connectivity index (χ0n) is 7.59. The van der Waals surface area contributed by atoms with Crippen LogP contribution in [0.25, 0.3) is 0 Å². The predicted molar refractivity (Wildman–Crippen MR) is 48.0 cm³/mol. The van der Waals surface area contributed by atoms with E-state index in [0.717, 1.165) is 5.71 Å². The lowest BCUT2D eigenvalue weighted by atomic mass is 10.1. The Labute approximate surface area is 68.0 Å². The number of carbonyl (C=O) groups excluding carboxylic acids is 1. The highest BCUT2D eigenvalue weighted by molar-refractivity contribution is 5.93. The van der Waals surface area contributed by atoms with Crippen molar-refractivity contribution < 1.29 is 4.79 Å². The lowest BCUT2D eigenvalue weighted by molar-refractivity contribution is -0.118. The van der Waals surface area contributed by atoms with Crippen molar-refractivity contribution in [1.29, 1.82) is 0 Å². The van der Waals surface area contributed by atoms with Crippen molar-refractivity contribution >= 4 is 11.5 Å². The summed E-state index contributed by atoms with van der Waals surface area (Å²) in [5.74, 6) is 0.192. The SMILES string of the molecule is CN=C(C)/C=C\C(C)C(C)=O. The van der Waals surface area contributed by atoms with Gasteiger partial charge in [-0.25, -0.2) is 0 Å². The molecule has 2 heteroatoms. The van der Waals surface area contributed by atoms with Crippen LogP contribution in [0.1, 0.15) is 20.8 Å². The summed E-state index contributed by atoms with van der Waals surface area (Å²) in [5.41, 5.74) is 0.943. The van der Waals surface area contributed by atoms with Crippen LogP contribution in [0.2, 0.25) is 0 Å². The quantitative estimate of drug-likeness (QED) is 0.569. The number of hydrogen-bond acceptors (Lipinski definition) is 2. The summed E-state index contributed by atoms with van der Waals surface area (Å²) in [5, 5.41) is 0. The molecular weight excluding hydrogens is 138 g/mol. The Kier molecular flexibility index (Phi) is 4.42. The summed E-state index contributed by atoms with van der Waals surface area (Å²) >= 11 is 0. The van der Waals surface area contributed by atoms with E-state index in [-0.39, 0.29) is 11.7 Å². The summed E-state index contributed by atoms with van der Waals surface area (Å²) in [7, 11) is 1.73. The standard InChI is InChI=1S/C9H15NO/c1-7(9(3)11)5-6-8(2)10-4/h5-7H,1-4H3/b6-5-,10-8?. The molecule has 1 atom stereocenters. The van der Waals surface area contributed by atoms with Gasteiger partial charge in [-0.05, 0) is 19.9 Å². The Bertz CT molecular complexity index is 192. The Morgan fingerprint density at radius 2 is 2.00 bits per heavy atom. The molecule has 0 aromatic rings. The molecule has 0 amide bonds. The minimum absolute atomic E-state index is 0.00620. The molecule has 62 valence electrons. The predicted octanol–water partition coefficient (Wildman–Crippen LogP) is 1.86. The minimum Gasteiger partial charge on any atom is -0.299 e. The van der Waals surface area contributed by atoms with Gasteiger partial charge in [0.15, 0.2) is 0 Å². The average molecular weight is 153 g/mol. The largest absolute Gasteiger partial charge is 0.299 e. The number of hydrogen-bond donors (Lipinski definition) is 0. The molecule has 0 rings (SSSR count). The lowest BCUT2D eigenvalue weighted by Gasteiger charge is -1.97. The van der Waals surface area contributed by atoms with Crippen LogP contribution in [0, 0.1) is 5.92 Å². The summed E-state index contributed by atoms with van der Waals surface area (Å²) in [4.78, 5) is 14.7. The van der Waals surface area contributed by atoms with Gasteiger partial charge in [0.25, 0.3) is 0 Å². The van der Waals surface area contributed by atoms with Gasteiger partial charge in [0.05, 0.1) is 0 Å². The number of aliphatic imine (C=N–C) groups is 1. The van der Waals surface area contributed by atoms with Crippen molar-refractivity contribution in [2.24, 2.45) is 10.9 Å². The van der Waals surface area contributed by atoms with E-state index in [1.54, 1.807) is 14.0 Å². The molecule has 0 aliphatic heterocycles. The molecular formula is C9H15NO. The molecule has 0 aromatic carbocycles. The van der Waals surface area contributed by atoms with Gasteiger partial charge in [0.1, 0.15) is 5.78 Å². The van der Waals surface area contributed by atoms with Gasteiger partial charge >= 0.3 is 0 Å². The van der Waals surface area contributed by atoms with E-state index in [4.69, 9.17) is 0 Å². The zero-order chi connectivity index (χ0) is 8.85. The third kappa shape index (κ3) is 4.48. The van der Waals surface area contributed by atoms with Gasteiger partial charge in [-0.2, -0.15) is 0 Å². The third-order valence-electron chi connectivity index (χ3n) is 1.62. The molecule has 11 heavy (non-hydrogen) atoms. The lowest BCUT2D eigenvalue weighted by Crippen LogP contribution is -2.02. The Morgan fingerprint density at radius 1 is 1.45 bits per heavy atom. The number of rotatable bonds is 3. The van der Waals surface area contributed by atoms with Gasteiger partial charge < -0.3 is 0 Å². The molecule has 1 unspecified atom stereocenters. The first-order valence-electron chi connectivity index (χ1n) is 3.70. The van der Waals surface area contributed by atoms with E-state index in [1.807, 2.05) is 26.0 Å². The number of ketones is 1. The maximum Gasteiger partial charge on any atom is 0.136 e. The van der Waals surface area contributed by atoms with Crippen molar-refractivity contribution in [2.75, 3.05) is 7.05 Å². The van der Waals surface area contributed by atoms with Crippen molar-refractivity contribution in [3.8, 4) is 0 Å². The van der Waals surface area contributed by atoms with Gasteiger partial charge in [-0.3, -0.25) is 9.79 Å². The number of nitrogens with zero attached hydrogens (tertiary/aromatic N) is 1. The summed E-state index contributed by atoms with van der Waals surface area (Å²) in [6, 6.07) is 0. The topological polar surface area (TPSA) is 29.4 Å². The van der Waals surface area contributed by atoms with E-state index < -0.39 is 0 Å². The Hall–Kier alpha value is -0.920. The molecule has 0 N–H and O–H groups in total. The first kappa shape index (κ1) is 10.1. The molecule has 0 saturated heterocycles. The fourth-order valence-electron chi connectivity index (χ4n) is 0.494. The molecule has 0 bridgehead atoms. The van der Waals surface area contributed by atoms with E-state index in [1.165, 1.54) is 0 Å². The van der Waals surface area contributed by atoms with Crippen molar-refractivity contribution in [2.45, 2.75) is 20.8 Å². The van der Waals surface area contributed by atoms with Gasteiger partial charge in [0, 0.05) is 18.7 Å². The van der Waals surface area contributed by atoms with Crippen LogP contribution < -0.4 is 0 Å². The van der Waals surface area contributed by atoms with Gasteiger partial charge in [-0.1, -0.05) is 13.0 Å². The molecule has 0 radical (unpaired) electrons. The first-order valence-corrected chi connectivity index (χ1v) is 3.70. The van der Waals surface area contributed by atoms with Gasteiger partial charge in [0.2, 0.25) is 0 Å². The van der Waals surface area contributed by atoms with Crippen molar-refractivity contribution in [3.63, 3.8) is 0 Å². The van der Waals surface area contributed by atoms with Crippen LogP contribution in [0.15, 0.2) is 17.1 Å². The van der Waals surface area contributed by atoms with E-state index >= 15 is 0 Å². The highest BCUT2D eigenvalue weighted by atomic mass is 16.1. The second-order valence-electron chi connectivity index (χ2n) is 2.62. The van der Waals surface area contributed by atoms with Crippen molar-refractivity contribution in [1.82, 2.24) is 0 Å². The van der Waals surface area contributed by atoms with E-state index in [9.17, 15) is 4.79 Å². The maximum absolute atomic E-state index is 10.8. The molecule has 0 aromatic heterocycles. The Balaban J connectivity index is 4.03. The molecule has 0 heterocycles. The van der Waals surface area contributed by atoms with Crippen LogP contribution >= 0.6 is 0 Å². The van der Waals surface area contributed by atoms with E-state index in [0.29, 0.717) is 0 Å². The minimum atomic E-state index is 0.00620. The summed E-state index contributed by atoms with van der Waals surface area (Å²) < 4.78 is 0. The summed E-state index contributed by atoms with van der Waals surface area (Å²) in [6.45, 7) is 5.37. The second kappa shape index (κ2) is 4.83. The van der Waals surface area contributed by atoms with Crippen LogP contribution in [0.3, 0.4) is 0 Å². The van der Waals surface area contributed by atoms with E-state index in [2.05, 4.69) is 4.99 Å². The monoisotopic (exact) mass is 153 g/mol. The zero-order valence-corrected chi connectivity index (χ0v) is 7.59. The fraction of sp³-hybridized carbons (Fsp3) is 0.556. The van der Waals surface area contributed by atoms with Crippen LogP contribution in [0.5, 0.6) is 0 Å². The number of allylic oxidation sites excluding steroid dienone is 2. The highest BCUT2D eigenvalue weighted by Crippen LogP contribution is 1.98. The normalized spacial score (nSPS) is 15.5. The highest BCUT2D eigenvalue weighted by Gasteiger charge is 2.00. The fourth-order valence-corrected chi connectivity index (χ4v) is 0.494. The summed E-state index contributed by atoms with van der Waals surface area (Å²) in [6.07, 6.45) is 3.73. The number of carbonyl (C=O) groups is 1. The molecule has 0 aliphatic carbocycles. The second-order valence-corrected chi connectivity index (χ2v) is 2.62.